The number of nitrogens with one attached hydrogen (secondary N) is 1. The molecule has 2 heterocycles. The lowest BCUT2D eigenvalue weighted by Crippen LogP contribution is -2.44. The number of aryl methyl sites for hydroxylation is 1. The molecule has 1 aromatic heterocycles. The number of tetrazole rings is 1. The van der Waals surface area contributed by atoms with E-state index in [1.54, 1.807) is 7.05 Å². The highest BCUT2D eigenvalue weighted by Crippen LogP contribution is 1.98. The summed E-state index contributed by atoms with van der Waals surface area (Å²) in [5, 5.41) is 15.3. The molecule has 1 aliphatic rings. The van der Waals surface area contributed by atoms with Crippen molar-refractivity contribution >= 4 is 0 Å². The molecule has 1 aromatic rings. The second-order valence-corrected chi connectivity index (χ2v) is 4.39. The molecule has 7 heteroatoms. The summed E-state index contributed by atoms with van der Waals surface area (Å²) in [6, 6.07) is 0.414. The van der Waals surface area contributed by atoms with Crippen molar-refractivity contribution in [2.24, 2.45) is 7.05 Å². The number of morpholine rings is 1. The first kappa shape index (κ1) is 12.4. The van der Waals surface area contributed by atoms with Crippen molar-refractivity contribution in [2.75, 3.05) is 32.8 Å². The fraction of sp³-hybridized carbons (Fsp3) is 0.900. The van der Waals surface area contributed by atoms with Gasteiger partial charge in [0, 0.05) is 25.7 Å². The fourth-order valence-electron chi connectivity index (χ4n) is 1.90. The third kappa shape index (κ3) is 4.03. The topological polar surface area (TPSA) is 68.1 Å². The van der Waals surface area contributed by atoms with Gasteiger partial charge in [-0.3, -0.25) is 4.90 Å². The first-order valence-corrected chi connectivity index (χ1v) is 6.00. The summed E-state index contributed by atoms with van der Waals surface area (Å²) in [5.41, 5.74) is 0. The first-order valence-electron chi connectivity index (χ1n) is 6.00. The second kappa shape index (κ2) is 6.04. The Bertz CT molecular complexity index is 335. The lowest BCUT2D eigenvalue weighted by atomic mass is 10.3. The maximum Gasteiger partial charge on any atom is 0.188 e. The van der Waals surface area contributed by atoms with Gasteiger partial charge in [0.15, 0.2) is 5.82 Å². The maximum atomic E-state index is 5.32. The van der Waals surface area contributed by atoms with E-state index in [4.69, 9.17) is 4.74 Å². The molecule has 1 aliphatic heterocycles. The van der Waals surface area contributed by atoms with E-state index in [-0.39, 0.29) is 0 Å². The molecule has 0 saturated carbocycles. The zero-order chi connectivity index (χ0) is 12.1. The Morgan fingerprint density at radius 2 is 2.18 bits per heavy atom. The van der Waals surface area contributed by atoms with Gasteiger partial charge in [-0.15, -0.1) is 10.2 Å². The van der Waals surface area contributed by atoms with Crippen molar-refractivity contribution in [3.8, 4) is 0 Å². The van der Waals surface area contributed by atoms with Crippen LogP contribution in [0.15, 0.2) is 0 Å². The minimum Gasteiger partial charge on any atom is -0.379 e. The zero-order valence-corrected chi connectivity index (χ0v) is 10.5. The molecule has 0 amide bonds. The highest BCUT2D eigenvalue weighted by Gasteiger charge is 2.13. The third-order valence-electron chi connectivity index (χ3n) is 2.79. The van der Waals surface area contributed by atoms with Crippen LogP contribution in [0.5, 0.6) is 0 Å². The summed E-state index contributed by atoms with van der Waals surface area (Å²) in [4.78, 5) is 3.88. The largest absolute Gasteiger partial charge is 0.379 e. The summed E-state index contributed by atoms with van der Waals surface area (Å²) in [6.45, 7) is 7.61. The van der Waals surface area contributed by atoms with E-state index < -0.39 is 0 Å². The van der Waals surface area contributed by atoms with Crippen molar-refractivity contribution < 1.29 is 4.74 Å². The lowest BCUT2D eigenvalue weighted by molar-refractivity contribution is 0.0343. The molecular weight excluding hydrogens is 220 g/mol. The minimum atomic E-state index is 0.414. The smallest absolute Gasteiger partial charge is 0.188 e. The molecule has 0 bridgehead atoms. The number of ether oxygens (including phenoxy) is 1. The molecule has 96 valence electrons. The molecule has 1 atom stereocenters. The van der Waals surface area contributed by atoms with Crippen LogP contribution in [0, 0.1) is 0 Å². The van der Waals surface area contributed by atoms with Gasteiger partial charge in [-0.25, -0.2) is 0 Å². The molecule has 1 saturated heterocycles. The van der Waals surface area contributed by atoms with Gasteiger partial charge in [-0.1, -0.05) is 0 Å². The van der Waals surface area contributed by atoms with Gasteiger partial charge in [-0.2, -0.15) is 4.80 Å². The van der Waals surface area contributed by atoms with Gasteiger partial charge in [-0.05, 0) is 12.1 Å². The normalized spacial score (nSPS) is 19.4. The van der Waals surface area contributed by atoms with Gasteiger partial charge in [0.25, 0.3) is 0 Å². The third-order valence-corrected chi connectivity index (χ3v) is 2.79. The predicted octanol–water partition coefficient (Wildman–Crippen LogP) is -0.980. The second-order valence-electron chi connectivity index (χ2n) is 4.39. The molecule has 0 radical (unpaired) electrons. The average molecular weight is 240 g/mol. The highest BCUT2D eigenvalue weighted by molar-refractivity contribution is 4.78. The number of hydrogen-bond donors (Lipinski definition) is 1. The van der Waals surface area contributed by atoms with Crippen LogP contribution >= 0.6 is 0 Å². The van der Waals surface area contributed by atoms with Gasteiger partial charge >= 0.3 is 0 Å². The van der Waals surface area contributed by atoms with E-state index in [0.29, 0.717) is 12.6 Å². The first-order chi connectivity index (χ1) is 8.24. The van der Waals surface area contributed by atoms with Crippen molar-refractivity contribution in [1.29, 1.82) is 0 Å². The van der Waals surface area contributed by atoms with Crippen LogP contribution in [0.3, 0.4) is 0 Å². The summed E-state index contributed by atoms with van der Waals surface area (Å²) < 4.78 is 5.32. The summed E-state index contributed by atoms with van der Waals surface area (Å²) in [7, 11) is 1.77. The van der Waals surface area contributed by atoms with E-state index in [0.717, 1.165) is 38.7 Å². The lowest BCUT2D eigenvalue weighted by Gasteiger charge is -2.29. The quantitative estimate of drug-likeness (QED) is 0.713. The van der Waals surface area contributed by atoms with Crippen LogP contribution in [-0.4, -0.2) is 64.0 Å². The van der Waals surface area contributed by atoms with E-state index in [2.05, 4.69) is 32.6 Å². The summed E-state index contributed by atoms with van der Waals surface area (Å²) >= 11 is 0. The Hall–Kier alpha value is -1.05. The van der Waals surface area contributed by atoms with Crippen molar-refractivity contribution in [3.63, 3.8) is 0 Å². The average Bonchev–Trinajstić information content (AvgIpc) is 2.74. The Kier molecular flexibility index (Phi) is 4.41. The van der Waals surface area contributed by atoms with E-state index in [1.807, 2.05) is 0 Å². The van der Waals surface area contributed by atoms with Crippen LogP contribution in [-0.2, 0) is 18.3 Å². The molecule has 1 N–H and O–H groups in total. The van der Waals surface area contributed by atoms with Crippen LogP contribution in [0.4, 0.5) is 0 Å². The molecule has 0 aromatic carbocycles. The van der Waals surface area contributed by atoms with E-state index in [9.17, 15) is 0 Å². The molecule has 0 spiro atoms. The Balaban J connectivity index is 1.68. The standard InChI is InChI=1S/C10H20N6O/c1-9(8-16-3-5-17-6-4-16)11-7-10-12-14-15(2)13-10/h9,11H,3-8H2,1-2H3. The SMILES string of the molecule is CC(CN1CCOCC1)NCc1nnn(C)n1. The summed E-state index contributed by atoms with van der Waals surface area (Å²) in [6.07, 6.45) is 0. The zero-order valence-electron chi connectivity index (χ0n) is 10.5. The molecule has 0 aliphatic carbocycles. The van der Waals surface area contributed by atoms with Crippen molar-refractivity contribution in [1.82, 2.24) is 30.4 Å². The van der Waals surface area contributed by atoms with E-state index >= 15 is 0 Å². The van der Waals surface area contributed by atoms with Crippen LogP contribution in [0.1, 0.15) is 12.7 Å². The van der Waals surface area contributed by atoms with Crippen LogP contribution in [0.25, 0.3) is 0 Å². The minimum absolute atomic E-state index is 0.414. The monoisotopic (exact) mass is 240 g/mol. The van der Waals surface area contributed by atoms with Crippen molar-refractivity contribution in [2.45, 2.75) is 19.5 Å². The number of hydrogen-bond acceptors (Lipinski definition) is 6. The number of rotatable bonds is 5. The molecule has 2 rings (SSSR count). The number of nitrogens with zero attached hydrogens (tertiary/aromatic N) is 5. The Morgan fingerprint density at radius 1 is 1.41 bits per heavy atom. The Morgan fingerprint density at radius 3 is 2.82 bits per heavy atom. The summed E-state index contributed by atoms with van der Waals surface area (Å²) in [5.74, 6) is 0.737. The Labute approximate surface area is 101 Å². The molecule has 7 nitrogen and oxygen atoms in total. The molecule has 1 fully saturated rings. The van der Waals surface area contributed by atoms with Gasteiger partial charge in [0.1, 0.15) is 0 Å². The van der Waals surface area contributed by atoms with Gasteiger partial charge in [0.2, 0.25) is 0 Å². The van der Waals surface area contributed by atoms with Gasteiger partial charge in [0.05, 0.1) is 26.8 Å². The van der Waals surface area contributed by atoms with Crippen LogP contribution in [0.2, 0.25) is 0 Å². The van der Waals surface area contributed by atoms with Crippen molar-refractivity contribution in [3.05, 3.63) is 5.82 Å². The predicted molar refractivity (Wildman–Crippen MR) is 62.4 cm³/mol. The molecular formula is C10H20N6O. The molecule has 17 heavy (non-hydrogen) atoms. The highest BCUT2D eigenvalue weighted by atomic mass is 16.5. The maximum absolute atomic E-state index is 5.32. The van der Waals surface area contributed by atoms with Gasteiger partial charge < -0.3 is 10.1 Å². The fourth-order valence-corrected chi connectivity index (χ4v) is 1.90. The van der Waals surface area contributed by atoms with E-state index in [1.165, 1.54) is 4.80 Å². The molecule has 1 unspecified atom stereocenters. The number of aromatic nitrogens is 4. The van der Waals surface area contributed by atoms with Crippen LogP contribution < -0.4 is 5.32 Å².